The number of aromatic nitrogens is 1. The van der Waals surface area contributed by atoms with Crippen molar-refractivity contribution in [2.45, 2.75) is 58.7 Å². The van der Waals surface area contributed by atoms with Crippen LogP contribution in [-0.4, -0.2) is 41.3 Å². The molecule has 2 heterocycles. The largest absolute Gasteiger partial charge is 0.444 e. The molecule has 0 N–H and O–H groups in total. The molecule has 5 heteroatoms. The molecule has 1 aliphatic heterocycles. The Hall–Kier alpha value is -1.62. The van der Waals surface area contributed by atoms with Crippen molar-refractivity contribution in [1.29, 1.82) is 0 Å². The summed E-state index contributed by atoms with van der Waals surface area (Å²) >= 11 is 0. The monoisotopic (exact) mass is 334 g/mol. The van der Waals surface area contributed by atoms with E-state index >= 15 is 0 Å². The third-order valence-corrected chi connectivity index (χ3v) is 4.19. The molecule has 2 rings (SSSR count). The predicted molar refractivity (Wildman–Crippen MR) is 93.7 cm³/mol. The topological polar surface area (TPSA) is 51.7 Å². The zero-order valence-corrected chi connectivity index (χ0v) is 15.2. The summed E-state index contributed by atoms with van der Waals surface area (Å²) in [7, 11) is 0. The van der Waals surface area contributed by atoms with Crippen LogP contribution in [0.4, 0.5) is 4.79 Å². The second kappa shape index (κ2) is 9.02. The molecule has 1 fully saturated rings. The number of pyridine rings is 1. The van der Waals surface area contributed by atoms with Crippen LogP contribution in [0.5, 0.6) is 0 Å². The molecule has 0 aromatic carbocycles. The van der Waals surface area contributed by atoms with Crippen LogP contribution in [0, 0.1) is 5.92 Å². The second-order valence-electron chi connectivity index (χ2n) is 7.46. The number of likely N-dealkylation sites (tertiary alicyclic amines) is 1. The standard InChI is InChI=1S/C19H30N2O3/c1-19(2,3)24-18(22)21-12-8-16(9-13-21)5-4-14-23-15-17-6-10-20-11-7-17/h6-7,10-11,16H,4-5,8-9,12-15H2,1-3H3. The van der Waals surface area contributed by atoms with Crippen molar-refractivity contribution in [3.8, 4) is 0 Å². The van der Waals surface area contributed by atoms with Crippen LogP contribution in [-0.2, 0) is 16.1 Å². The fraction of sp³-hybridized carbons (Fsp3) is 0.684. The van der Waals surface area contributed by atoms with Gasteiger partial charge in [0.1, 0.15) is 5.60 Å². The minimum atomic E-state index is -0.417. The second-order valence-corrected chi connectivity index (χ2v) is 7.46. The highest BCUT2D eigenvalue weighted by Gasteiger charge is 2.26. The Balaban J connectivity index is 1.56. The summed E-state index contributed by atoms with van der Waals surface area (Å²) in [6.45, 7) is 8.76. The van der Waals surface area contributed by atoms with Gasteiger partial charge in [0.05, 0.1) is 6.61 Å². The summed E-state index contributed by atoms with van der Waals surface area (Å²) in [4.78, 5) is 17.9. The minimum Gasteiger partial charge on any atom is -0.444 e. The lowest BCUT2D eigenvalue weighted by Crippen LogP contribution is -2.41. The maximum Gasteiger partial charge on any atom is 0.410 e. The van der Waals surface area contributed by atoms with Gasteiger partial charge in [0, 0.05) is 32.1 Å². The molecule has 1 aliphatic rings. The molecule has 0 unspecified atom stereocenters. The number of hydrogen-bond donors (Lipinski definition) is 0. The van der Waals surface area contributed by atoms with E-state index in [0.29, 0.717) is 12.5 Å². The maximum absolute atomic E-state index is 12.0. The van der Waals surface area contributed by atoms with E-state index in [2.05, 4.69) is 4.98 Å². The number of piperidine rings is 1. The van der Waals surface area contributed by atoms with Gasteiger partial charge in [-0.25, -0.2) is 4.79 Å². The molecule has 134 valence electrons. The van der Waals surface area contributed by atoms with Crippen LogP contribution < -0.4 is 0 Å². The van der Waals surface area contributed by atoms with E-state index in [1.54, 1.807) is 12.4 Å². The van der Waals surface area contributed by atoms with Crippen molar-refractivity contribution in [2.24, 2.45) is 5.92 Å². The fourth-order valence-electron chi connectivity index (χ4n) is 2.87. The molecule has 0 saturated carbocycles. The third kappa shape index (κ3) is 6.87. The number of carbonyl (C=O) groups is 1. The summed E-state index contributed by atoms with van der Waals surface area (Å²) in [6.07, 6.45) is 7.75. The average Bonchev–Trinajstić information content (AvgIpc) is 2.54. The summed E-state index contributed by atoms with van der Waals surface area (Å²) in [5, 5.41) is 0. The number of rotatable bonds is 6. The van der Waals surface area contributed by atoms with Crippen LogP contribution >= 0.6 is 0 Å². The van der Waals surface area contributed by atoms with Crippen LogP contribution in [0.3, 0.4) is 0 Å². The van der Waals surface area contributed by atoms with Gasteiger partial charge in [-0.15, -0.1) is 0 Å². The number of ether oxygens (including phenoxy) is 2. The van der Waals surface area contributed by atoms with Gasteiger partial charge in [-0.2, -0.15) is 0 Å². The van der Waals surface area contributed by atoms with E-state index in [0.717, 1.165) is 44.5 Å². The SMILES string of the molecule is CC(C)(C)OC(=O)N1CCC(CCCOCc2ccncc2)CC1. The first kappa shape index (κ1) is 18.7. The minimum absolute atomic E-state index is 0.179. The highest BCUT2D eigenvalue weighted by Crippen LogP contribution is 2.23. The van der Waals surface area contributed by atoms with E-state index in [-0.39, 0.29) is 6.09 Å². The summed E-state index contributed by atoms with van der Waals surface area (Å²) in [5.41, 5.74) is 0.746. The van der Waals surface area contributed by atoms with Gasteiger partial charge in [0.15, 0.2) is 0 Å². The average molecular weight is 334 g/mol. The zero-order chi connectivity index (χ0) is 17.4. The van der Waals surface area contributed by atoms with Crippen molar-refractivity contribution in [3.05, 3.63) is 30.1 Å². The molecular weight excluding hydrogens is 304 g/mol. The molecule has 0 spiro atoms. The van der Waals surface area contributed by atoms with Crippen molar-refractivity contribution in [1.82, 2.24) is 9.88 Å². The Morgan fingerprint density at radius 1 is 1.25 bits per heavy atom. The van der Waals surface area contributed by atoms with Crippen molar-refractivity contribution in [3.63, 3.8) is 0 Å². The molecule has 1 saturated heterocycles. The van der Waals surface area contributed by atoms with Gasteiger partial charge in [0.2, 0.25) is 0 Å². The lowest BCUT2D eigenvalue weighted by molar-refractivity contribution is 0.0176. The van der Waals surface area contributed by atoms with Gasteiger partial charge in [0.25, 0.3) is 0 Å². The number of carbonyl (C=O) groups excluding carboxylic acids is 1. The van der Waals surface area contributed by atoms with Gasteiger partial charge in [-0.3, -0.25) is 4.98 Å². The van der Waals surface area contributed by atoms with Crippen LogP contribution in [0.1, 0.15) is 52.0 Å². The van der Waals surface area contributed by atoms with Crippen molar-refractivity contribution >= 4 is 6.09 Å². The zero-order valence-electron chi connectivity index (χ0n) is 15.2. The molecule has 1 aromatic heterocycles. The summed E-state index contributed by atoms with van der Waals surface area (Å²) < 4.78 is 11.1. The van der Waals surface area contributed by atoms with Gasteiger partial charge >= 0.3 is 6.09 Å². The summed E-state index contributed by atoms with van der Waals surface area (Å²) in [6, 6.07) is 3.96. The predicted octanol–water partition coefficient (Wildman–Crippen LogP) is 4.03. The highest BCUT2D eigenvalue weighted by atomic mass is 16.6. The van der Waals surface area contributed by atoms with Gasteiger partial charge in [-0.1, -0.05) is 0 Å². The number of nitrogens with zero attached hydrogens (tertiary/aromatic N) is 2. The Kier molecular flexibility index (Phi) is 7.03. The first-order chi connectivity index (χ1) is 11.4. The number of amides is 1. The van der Waals surface area contributed by atoms with Crippen LogP contribution in [0.25, 0.3) is 0 Å². The Morgan fingerprint density at radius 2 is 1.92 bits per heavy atom. The molecule has 0 bridgehead atoms. The van der Waals surface area contributed by atoms with E-state index < -0.39 is 5.60 Å². The molecular formula is C19H30N2O3. The first-order valence-corrected chi connectivity index (χ1v) is 8.88. The molecule has 1 aromatic rings. The van der Waals surface area contributed by atoms with Crippen LogP contribution in [0.2, 0.25) is 0 Å². The molecule has 5 nitrogen and oxygen atoms in total. The molecule has 24 heavy (non-hydrogen) atoms. The Labute approximate surface area is 145 Å². The van der Waals surface area contributed by atoms with Crippen molar-refractivity contribution < 1.29 is 14.3 Å². The van der Waals surface area contributed by atoms with Crippen molar-refractivity contribution in [2.75, 3.05) is 19.7 Å². The first-order valence-electron chi connectivity index (χ1n) is 8.88. The molecule has 1 amide bonds. The third-order valence-electron chi connectivity index (χ3n) is 4.19. The smallest absolute Gasteiger partial charge is 0.410 e. The van der Waals surface area contributed by atoms with Crippen LogP contribution in [0.15, 0.2) is 24.5 Å². The Bertz CT molecular complexity index is 491. The summed E-state index contributed by atoms with van der Waals surface area (Å²) in [5.74, 6) is 0.688. The lowest BCUT2D eigenvalue weighted by atomic mass is 9.92. The normalized spacial score (nSPS) is 16.2. The van der Waals surface area contributed by atoms with E-state index in [1.165, 1.54) is 6.42 Å². The molecule has 0 radical (unpaired) electrons. The van der Waals surface area contributed by atoms with Gasteiger partial charge < -0.3 is 14.4 Å². The maximum atomic E-state index is 12.0. The quantitative estimate of drug-likeness (QED) is 0.737. The number of hydrogen-bond acceptors (Lipinski definition) is 4. The lowest BCUT2D eigenvalue weighted by Gasteiger charge is -2.33. The molecule has 0 atom stereocenters. The van der Waals surface area contributed by atoms with E-state index in [1.807, 2.05) is 37.8 Å². The van der Waals surface area contributed by atoms with E-state index in [9.17, 15) is 4.79 Å². The molecule has 0 aliphatic carbocycles. The van der Waals surface area contributed by atoms with E-state index in [4.69, 9.17) is 9.47 Å². The van der Waals surface area contributed by atoms with Gasteiger partial charge in [-0.05, 0) is 70.1 Å². The highest BCUT2D eigenvalue weighted by molar-refractivity contribution is 5.68. The fourth-order valence-corrected chi connectivity index (χ4v) is 2.87. The Morgan fingerprint density at radius 3 is 2.54 bits per heavy atom.